The molecule has 0 spiro atoms. The number of nitro benzene ring substituents is 1. The van der Waals surface area contributed by atoms with Gasteiger partial charge in [-0.1, -0.05) is 0 Å². The zero-order chi connectivity index (χ0) is 14.7. The fraction of sp³-hybridized carbons (Fsp3) is 0.462. The Labute approximate surface area is 116 Å². The van der Waals surface area contributed by atoms with Gasteiger partial charge in [-0.25, -0.2) is 0 Å². The van der Waals surface area contributed by atoms with E-state index in [0.717, 1.165) is 5.69 Å². The molecule has 2 N–H and O–H groups in total. The van der Waals surface area contributed by atoms with Gasteiger partial charge in [0.2, 0.25) is 0 Å². The fourth-order valence-electron chi connectivity index (χ4n) is 2.44. The molecule has 1 saturated heterocycles. The van der Waals surface area contributed by atoms with E-state index in [1.807, 2.05) is 0 Å². The summed E-state index contributed by atoms with van der Waals surface area (Å²) in [5, 5.41) is 10.7. The molecule has 7 heteroatoms. The van der Waals surface area contributed by atoms with E-state index in [9.17, 15) is 14.9 Å². The van der Waals surface area contributed by atoms with Crippen molar-refractivity contribution in [2.24, 2.45) is 5.92 Å². The van der Waals surface area contributed by atoms with Crippen molar-refractivity contribution in [3.05, 3.63) is 28.3 Å². The van der Waals surface area contributed by atoms with E-state index in [4.69, 9.17) is 10.5 Å². The molecule has 0 amide bonds. The Morgan fingerprint density at radius 1 is 1.45 bits per heavy atom. The van der Waals surface area contributed by atoms with E-state index >= 15 is 0 Å². The first-order chi connectivity index (χ1) is 9.52. The molecule has 0 unspecified atom stereocenters. The van der Waals surface area contributed by atoms with Gasteiger partial charge in [-0.15, -0.1) is 0 Å². The predicted molar refractivity (Wildman–Crippen MR) is 74.5 cm³/mol. The molecule has 0 radical (unpaired) electrons. The van der Waals surface area contributed by atoms with Crippen LogP contribution in [-0.4, -0.2) is 31.1 Å². The second kappa shape index (κ2) is 5.77. The molecule has 0 atom stereocenters. The first-order valence-electron chi connectivity index (χ1n) is 6.39. The maximum Gasteiger partial charge on any atom is 0.308 e. The van der Waals surface area contributed by atoms with E-state index in [-0.39, 0.29) is 23.3 Å². The molecule has 1 aromatic rings. The number of hydrogen-bond acceptors (Lipinski definition) is 6. The van der Waals surface area contributed by atoms with Crippen molar-refractivity contribution >= 4 is 23.0 Å². The summed E-state index contributed by atoms with van der Waals surface area (Å²) in [5.74, 6) is -0.237. The number of nitrogens with two attached hydrogens (primary N) is 1. The van der Waals surface area contributed by atoms with Gasteiger partial charge in [0.15, 0.2) is 0 Å². The highest BCUT2D eigenvalue weighted by Gasteiger charge is 2.26. The number of benzene rings is 1. The largest absolute Gasteiger partial charge is 0.469 e. The molecule has 1 aliphatic heterocycles. The summed E-state index contributed by atoms with van der Waals surface area (Å²) in [7, 11) is 1.39. The number of carbonyl (C=O) groups excluding carboxylic acids is 1. The van der Waals surface area contributed by atoms with Crippen LogP contribution in [-0.2, 0) is 9.53 Å². The number of carbonyl (C=O) groups is 1. The van der Waals surface area contributed by atoms with Crippen LogP contribution < -0.4 is 10.6 Å². The van der Waals surface area contributed by atoms with Crippen LogP contribution in [0.4, 0.5) is 17.1 Å². The number of hydrogen-bond donors (Lipinski definition) is 1. The Balaban J connectivity index is 2.06. The van der Waals surface area contributed by atoms with E-state index in [1.165, 1.54) is 13.2 Å². The first kappa shape index (κ1) is 14.1. The minimum Gasteiger partial charge on any atom is -0.469 e. The highest BCUT2D eigenvalue weighted by atomic mass is 16.6. The normalized spacial score (nSPS) is 15.9. The van der Waals surface area contributed by atoms with Crippen LogP contribution in [0, 0.1) is 16.0 Å². The van der Waals surface area contributed by atoms with Gasteiger partial charge in [0.1, 0.15) is 5.69 Å². The van der Waals surface area contributed by atoms with Crippen molar-refractivity contribution in [2.45, 2.75) is 12.8 Å². The van der Waals surface area contributed by atoms with Gasteiger partial charge in [0.05, 0.1) is 18.0 Å². The lowest BCUT2D eigenvalue weighted by atomic mass is 9.96. The number of rotatable bonds is 3. The number of nitro groups is 1. The maximum absolute atomic E-state index is 11.4. The molecule has 2 rings (SSSR count). The Kier molecular flexibility index (Phi) is 4.07. The highest BCUT2D eigenvalue weighted by Crippen LogP contribution is 2.29. The summed E-state index contributed by atoms with van der Waals surface area (Å²) in [6.45, 7) is 1.41. The third kappa shape index (κ3) is 2.81. The minimum atomic E-state index is -0.497. The van der Waals surface area contributed by atoms with Crippen LogP contribution in [0.3, 0.4) is 0 Å². The van der Waals surface area contributed by atoms with Gasteiger partial charge >= 0.3 is 5.97 Å². The van der Waals surface area contributed by atoms with Gasteiger partial charge in [0, 0.05) is 24.8 Å². The average Bonchev–Trinajstić information content (AvgIpc) is 2.46. The van der Waals surface area contributed by atoms with Crippen LogP contribution in [0.2, 0.25) is 0 Å². The molecule has 0 saturated carbocycles. The summed E-state index contributed by atoms with van der Waals surface area (Å²) < 4.78 is 4.74. The first-order valence-corrected chi connectivity index (χ1v) is 6.39. The number of methoxy groups -OCH3 is 1. The molecule has 0 aliphatic carbocycles. The van der Waals surface area contributed by atoms with Gasteiger partial charge in [-0.3, -0.25) is 14.9 Å². The summed E-state index contributed by atoms with van der Waals surface area (Å²) in [5.41, 5.74) is 6.60. The van der Waals surface area contributed by atoms with Crippen molar-refractivity contribution in [1.82, 2.24) is 0 Å². The molecule has 1 aliphatic rings. The summed E-state index contributed by atoms with van der Waals surface area (Å²) >= 11 is 0. The number of nitrogens with zero attached hydrogens (tertiary/aromatic N) is 2. The number of piperidine rings is 1. The van der Waals surface area contributed by atoms with Crippen molar-refractivity contribution in [3.8, 4) is 0 Å². The number of ether oxygens (including phenoxy) is 1. The van der Waals surface area contributed by atoms with Crippen molar-refractivity contribution in [1.29, 1.82) is 0 Å². The number of nitrogen functional groups attached to an aromatic ring is 1. The average molecular weight is 279 g/mol. The monoisotopic (exact) mass is 279 g/mol. The second-order valence-electron chi connectivity index (χ2n) is 4.78. The highest BCUT2D eigenvalue weighted by molar-refractivity contribution is 5.73. The fourth-order valence-corrected chi connectivity index (χ4v) is 2.44. The lowest BCUT2D eigenvalue weighted by Crippen LogP contribution is -2.36. The van der Waals surface area contributed by atoms with E-state index < -0.39 is 4.92 Å². The Bertz CT molecular complexity index is 524. The SMILES string of the molecule is COC(=O)C1CCN(c2ccc([N+](=O)[O-])c(N)c2)CC1. The Morgan fingerprint density at radius 3 is 2.60 bits per heavy atom. The standard InChI is InChI=1S/C13H17N3O4/c1-20-13(17)9-4-6-15(7-5-9)10-2-3-12(16(18)19)11(14)8-10/h2-3,8-9H,4-7,14H2,1H3. The van der Waals surface area contributed by atoms with Crippen LogP contribution in [0.15, 0.2) is 18.2 Å². The van der Waals surface area contributed by atoms with Gasteiger partial charge in [-0.05, 0) is 25.0 Å². The molecular formula is C13H17N3O4. The van der Waals surface area contributed by atoms with E-state index in [1.54, 1.807) is 12.1 Å². The molecule has 108 valence electrons. The number of anilines is 2. The van der Waals surface area contributed by atoms with E-state index in [2.05, 4.69) is 4.90 Å². The Morgan fingerprint density at radius 2 is 2.10 bits per heavy atom. The molecule has 20 heavy (non-hydrogen) atoms. The zero-order valence-electron chi connectivity index (χ0n) is 11.2. The molecule has 1 heterocycles. The third-order valence-electron chi connectivity index (χ3n) is 3.60. The summed E-state index contributed by atoms with van der Waals surface area (Å²) in [4.78, 5) is 23.7. The Hall–Kier alpha value is -2.31. The van der Waals surface area contributed by atoms with Crippen LogP contribution >= 0.6 is 0 Å². The van der Waals surface area contributed by atoms with Gasteiger partial charge < -0.3 is 15.4 Å². The van der Waals surface area contributed by atoms with Crippen LogP contribution in [0.25, 0.3) is 0 Å². The lowest BCUT2D eigenvalue weighted by Gasteiger charge is -2.32. The third-order valence-corrected chi connectivity index (χ3v) is 3.60. The lowest BCUT2D eigenvalue weighted by molar-refractivity contribution is -0.383. The quantitative estimate of drug-likeness (QED) is 0.390. The smallest absolute Gasteiger partial charge is 0.308 e. The van der Waals surface area contributed by atoms with Crippen molar-refractivity contribution in [2.75, 3.05) is 30.8 Å². The molecular weight excluding hydrogens is 262 g/mol. The predicted octanol–water partition coefficient (Wildman–Crippen LogP) is 1.57. The second-order valence-corrected chi connectivity index (χ2v) is 4.78. The molecule has 0 bridgehead atoms. The summed E-state index contributed by atoms with van der Waals surface area (Å²) in [6.07, 6.45) is 1.42. The van der Waals surface area contributed by atoms with Crippen molar-refractivity contribution in [3.63, 3.8) is 0 Å². The molecule has 1 fully saturated rings. The van der Waals surface area contributed by atoms with E-state index in [0.29, 0.717) is 25.9 Å². The maximum atomic E-state index is 11.4. The number of esters is 1. The van der Waals surface area contributed by atoms with Gasteiger partial charge in [-0.2, -0.15) is 0 Å². The molecule has 0 aromatic heterocycles. The zero-order valence-corrected chi connectivity index (χ0v) is 11.2. The van der Waals surface area contributed by atoms with Crippen molar-refractivity contribution < 1.29 is 14.5 Å². The van der Waals surface area contributed by atoms with Gasteiger partial charge in [0.25, 0.3) is 5.69 Å². The van der Waals surface area contributed by atoms with Crippen LogP contribution in [0.1, 0.15) is 12.8 Å². The van der Waals surface area contributed by atoms with Crippen LogP contribution in [0.5, 0.6) is 0 Å². The molecule has 1 aromatic carbocycles. The topological polar surface area (TPSA) is 98.7 Å². The summed E-state index contributed by atoms with van der Waals surface area (Å²) in [6, 6.07) is 4.71. The molecule has 7 nitrogen and oxygen atoms in total. The minimum absolute atomic E-state index is 0.0633.